The molecule has 0 spiro atoms. The van der Waals surface area contributed by atoms with Crippen LogP contribution in [0.4, 0.5) is 0 Å². The Bertz CT molecular complexity index is 843. The minimum atomic E-state index is -1.35. The highest BCUT2D eigenvalue weighted by atomic mass is 16.5. The number of hydrogen-bond acceptors (Lipinski definition) is 5. The Morgan fingerprint density at radius 3 is 1.48 bits per heavy atom. The quantitative estimate of drug-likeness (QED) is 0.512. The van der Waals surface area contributed by atoms with Crippen molar-refractivity contribution in [3.8, 4) is 11.5 Å². The summed E-state index contributed by atoms with van der Waals surface area (Å²) in [6, 6.07) is 24.2. The van der Waals surface area contributed by atoms with E-state index in [1.54, 1.807) is 14.2 Å². The van der Waals surface area contributed by atoms with Crippen molar-refractivity contribution < 1.29 is 24.8 Å². The van der Waals surface area contributed by atoms with E-state index >= 15 is 0 Å². The number of hydrogen-bond donors (Lipinski definition) is 3. The fourth-order valence-corrected chi connectivity index (χ4v) is 3.81. The van der Waals surface area contributed by atoms with E-state index < -0.39 is 24.2 Å². The summed E-state index contributed by atoms with van der Waals surface area (Å²) in [6.45, 7) is -0.567. The van der Waals surface area contributed by atoms with Crippen molar-refractivity contribution in [2.45, 2.75) is 17.6 Å². The molecular weight excluding hydrogens is 368 g/mol. The lowest BCUT2D eigenvalue weighted by Crippen LogP contribution is -2.49. The Labute approximate surface area is 170 Å². The Balaban J connectivity index is 2.33. The number of methoxy groups -OCH3 is 2. The molecule has 3 aromatic rings. The number of benzene rings is 3. The Kier molecular flexibility index (Phi) is 6.54. The molecule has 0 bridgehead atoms. The standard InChI is InChI=1S/C24H26O5/c1-28-20-12-8-18(9-13-20)24(23(27)22(26)16-25,17-6-4-3-5-7-17)19-10-14-21(29-2)15-11-19/h3-15,22-23,25-27H,16H2,1-2H3. The second-order valence-electron chi connectivity index (χ2n) is 6.83. The van der Waals surface area contributed by atoms with Crippen molar-refractivity contribution in [2.24, 2.45) is 0 Å². The van der Waals surface area contributed by atoms with Crippen molar-refractivity contribution >= 4 is 0 Å². The summed E-state index contributed by atoms with van der Waals surface area (Å²) in [6.07, 6.45) is -2.66. The van der Waals surface area contributed by atoms with Gasteiger partial charge in [-0.05, 0) is 41.0 Å². The monoisotopic (exact) mass is 394 g/mol. The molecule has 3 N–H and O–H groups in total. The largest absolute Gasteiger partial charge is 0.497 e. The van der Waals surface area contributed by atoms with Crippen molar-refractivity contribution in [2.75, 3.05) is 20.8 Å². The van der Waals surface area contributed by atoms with Crippen LogP contribution in [0.3, 0.4) is 0 Å². The third-order valence-corrected chi connectivity index (χ3v) is 5.32. The topological polar surface area (TPSA) is 79.2 Å². The first-order valence-corrected chi connectivity index (χ1v) is 9.39. The highest BCUT2D eigenvalue weighted by molar-refractivity contribution is 5.54. The fourth-order valence-electron chi connectivity index (χ4n) is 3.81. The lowest BCUT2D eigenvalue weighted by Gasteiger charge is -2.41. The highest BCUT2D eigenvalue weighted by Crippen LogP contribution is 2.44. The van der Waals surface area contributed by atoms with Crippen molar-refractivity contribution in [3.63, 3.8) is 0 Å². The summed E-state index contributed by atoms with van der Waals surface area (Å²) in [4.78, 5) is 0. The molecule has 0 aliphatic rings. The lowest BCUT2D eigenvalue weighted by atomic mass is 9.64. The van der Waals surface area contributed by atoms with E-state index in [1.807, 2.05) is 78.9 Å². The van der Waals surface area contributed by atoms with E-state index in [1.165, 1.54) is 0 Å². The maximum atomic E-state index is 11.4. The lowest BCUT2D eigenvalue weighted by molar-refractivity contribution is -0.0373. The molecule has 0 fully saturated rings. The van der Waals surface area contributed by atoms with Crippen LogP contribution in [0, 0.1) is 0 Å². The van der Waals surface area contributed by atoms with Gasteiger partial charge in [0.05, 0.1) is 32.3 Å². The van der Waals surface area contributed by atoms with Crippen LogP contribution in [-0.2, 0) is 5.41 Å². The SMILES string of the molecule is COc1ccc(C(c2ccccc2)(c2ccc(OC)cc2)C(O)C(O)CO)cc1. The average molecular weight is 394 g/mol. The van der Waals surface area contributed by atoms with Crippen molar-refractivity contribution in [1.29, 1.82) is 0 Å². The van der Waals surface area contributed by atoms with Crippen LogP contribution >= 0.6 is 0 Å². The highest BCUT2D eigenvalue weighted by Gasteiger charge is 2.46. The van der Waals surface area contributed by atoms with Gasteiger partial charge in [0.15, 0.2) is 0 Å². The van der Waals surface area contributed by atoms with E-state index in [9.17, 15) is 15.3 Å². The van der Waals surface area contributed by atoms with Crippen LogP contribution < -0.4 is 9.47 Å². The maximum absolute atomic E-state index is 11.4. The average Bonchev–Trinajstić information content (AvgIpc) is 2.80. The second kappa shape index (κ2) is 9.09. The van der Waals surface area contributed by atoms with Crippen LogP contribution in [0.5, 0.6) is 11.5 Å². The van der Waals surface area contributed by atoms with Gasteiger partial charge in [0.2, 0.25) is 0 Å². The second-order valence-corrected chi connectivity index (χ2v) is 6.83. The molecule has 0 aliphatic heterocycles. The van der Waals surface area contributed by atoms with Gasteiger partial charge in [0, 0.05) is 0 Å². The van der Waals surface area contributed by atoms with E-state index in [-0.39, 0.29) is 0 Å². The van der Waals surface area contributed by atoms with E-state index in [2.05, 4.69) is 0 Å². The van der Waals surface area contributed by atoms with Gasteiger partial charge < -0.3 is 24.8 Å². The molecule has 2 unspecified atom stereocenters. The molecular formula is C24H26O5. The third kappa shape index (κ3) is 3.85. The molecule has 5 nitrogen and oxygen atoms in total. The minimum absolute atomic E-state index is 0.567. The van der Waals surface area contributed by atoms with E-state index in [0.717, 1.165) is 16.7 Å². The van der Waals surface area contributed by atoms with E-state index in [4.69, 9.17) is 9.47 Å². The van der Waals surface area contributed by atoms with E-state index in [0.29, 0.717) is 11.5 Å². The summed E-state index contributed by atoms with van der Waals surface area (Å²) in [5.74, 6) is 1.37. The van der Waals surface area contributed by atoms with Crippen LogP contribution in [0.15, 0.2) is 78.9 Å². The van der Waals surface area contributed by atoms with Crippen molar-refractivity contribution in [1.82, 2.24) is 0 Å². The summed E-state index contributed by atoms with van der Waals surface area (Å²) in [5.41, 5.74) is 1.18. The number of aliphatic hydroxyl groups is 3. The molecule has 0 saturated heterocycles. The maximum Gasteiger partial charge on any atom is 0.118 e. The molecule has 3 aromatic carbocycles. The fraction of sp³-hybridized carbons (Fsp3) is 0.250. The number of aliphatic hydroxyl groups excluding tert-OH is 3. The zero-order valence-corrected chi connectivity index (χ0v) is 16.5. The van der Waals surface area contributed by atoms with Crippen molar-refractivity contribution in [3.05, 3.63) is 95.6 Å². The van der Waals surface area contributed by atoms with Crippen LogP contribution in [0.2, 0.25) is 0 Å². The van der Waals surface area contributed by atoms with Gasteiger partial charge in [0.25, 0.3) is 0 Å². The molecule has 0 aliphatic carbocycles. The molecule has 0 amide bonds. The molecule has 0 aromatic heterocycles. The minimum Gasteiger partial charge on any atom is -0.497 e. The molecule has 0 saturated carbocycles. The molecule has 3 rings (SSSR count). The van der Waals surface area contributed by atoms with Crippen LogP contribution in [0.1, 0.15) is 16.7 Å². The van der Waals surface area contributed by atoms with Gasteiger partial charge in [-0.1, -0.05) is 54.6 Å². The molecule has 152 valence electrons. The number of rotatable bonds is 8. The summed E-state index contributed by atoms with van der Waals surface area (Å²) >= 11 is 0. The number of ether oxygens (including phenoxy) is 2. The first kappa shape index (κ1) is 20.9. The normalized spacial score (nSPS) is 13.6. The van der Waals surface area contributed by atoms with Gasteiger partial charge in [-0.25, -0.2) is 0 Å². The molecule has 0 radical (unpaired) electrons. The van der Waals surface area contributed by atoms with Gasteiger partial charge in [0.1, 0.15) is 17.6 Å². The van der Waals surface area contributed by atoms with Gasteiger partial charge >= 0.3 is 0 Å². The predicted molar refractivity (Wildman–Crippen MR) is 111 cm³/mol. The summed E-state index contributed by atoms with van der Waals surface area (Å²) in [5, 5.41) is 31.5. The third-order valence-electron chi connectivity index (χ3n) is 5.32. The Morgan fingerprint density at radius 1 is 0.690 bits per heavy atom. The Morgan fingerprint density at radius 2 is 1.10 bits per heavy atom. The smallest absolute Gasteiger partial charge is 0.118 e. The van der Waals surface area contributed by atoms with Crippen LogP contribution in [-0.4, -0.2) is 48.4 Å². The molecule has 29 heavy (non-hydrogen) atoms. The summed E-state index contributed by atoms with van der Waals surface area (Å²) in [7, 11) is 3.18. The first-order chi connectivity index (χ1) is 14.1. The van der Waals surface area contributed by atoms with Gasteiger partial charge in [-0.2, -0.15) is 0 Å². The van der Waals surface area contributed by atoms with Gasteiger partial charge in [-0.15, -0.1) is 0 Å². The molecule has 0 heterocycles. The zero-order valence-electron chi connectivity index (χ0n) is 16.5. The Hall–Kier alpha value is -2.86. The van der Waals surface area contributed by atoms with Crippen LogP contribution in [0.25, 0.3) is 0 Å². The molecule has 2 atom stereocenters. The molecule has 5 heteroatoms. The summed E-state index contributed by atoms with van der Waals surface area (Å²) < 4.78 is 10.6. The van der Waals surface area contributed by atoms with Gasteiger partial charge in [-0.3, -0.25) is 0 Å². The zero-order chi connectivity index (χ0) is 20.9. The first-order valence-electron chi connectivity index (χ1n) is 9.39. The predicted octanol–water partition coefficient (Wildman–Crippen LogP) is 2.75.